The Hall–Kier alpha value is 0.160. The number of hydrogen-bond donors (Lipinski definition) is 1. The number of hydrogen-bond acceptors (Lipinski definition) is 3. The SMILES string of the molecule is CCOC(=O)CC1(O)CCCC[C@@H]1I. The van der Waals surface area contributed by atoms with Gasteiger partial charge in [-0.05, 0) is 19.8 Å². The van der Waals surface area contributed by atoms with E-state index in [2.05, 4.69) is 22.6 Å². The summed E-state index contributed by atoms with van der Waals surface area (Å²) in [7, 11) is 0. The smallest absolute Gasteiger partial charge is 0.308 e. The summed E-state index contributed by atoms with van der Waals surface area (Å²) in [6, 6.07) is 0. The standard InChI is InChI=1S/C10H17IO3/c1-2-14-9(12)7-10(13)6-4-3-5-8(10)11/h8,13H,2-7H2,1H3/t8-,10?/m0/s1. The number of alkyl halides is 1. The molecule has 0 heterocycles. The molecule has 0 aliphatic heterocycles. The fraction of sp³-hybridized carbons (Fsp3) is 0.900. The molecular formula is C10H17IO3. The van der Waals surface area contributed by atoms with E-state index in [9.17, 15) is 9.90 Å². The molecule has 82 valence electrons. The highest BCUT2D eigenvalue weighted by molar-refractivity contribution is 14.1. The molecule has 0 spiro atoms. The van der Waals surface area contributed by atoms with E-state index in [1.54, 1.807) is 6.92 Å². The quantitative estimate of drug-likeness (QED) is 0.493. The second-order valence-corrected chi connectivity index (χ2v) is 5.30. The number of aliphatic hydroxyl groups is 1. The molecule has 0 radical (unpaired) electrons. The van der Waals surface area contributed by atoms with Crippen molar-refractivity contribution >= 4 is 28.6 Å². The predicted octanol–water partition coefficient (Wildman–Crippen LogP) is 2.05. The molecule has 3 nitrogen and oxygen atoms in total. The largest absolute Gasteiger partial charge is 0.466 e. The highest BCUT2D eigenvalue weighted by Gasteiger charge is 2.39. The number of carbonyl (C=O) groups excluding carboxylic acids is 1. The third-order valence-corrected chi connectivity index (χ3v) is 4.44. The summed E-state index contributed by atoms with van der Waals surface area (Å²) in [6.07, 6.45) is 4.03. The van der Waals surface area contributed by atoms with E-state index in [1.807, 2.05) is 0 Å². The van der Waals surface area contributed by atoms with E-state index in [-0.39, 0.29) is 16.3 Å². The van der Waals surface area contributed by atoms with Gasteiger partial charge in [-0.3, -0.25) is 4.79 Å². The summed E-state index contributed by atoms with van der Waals surface area (Å²) in [4.78, 5) is 11.3. The van der Waals surface area contributed by atoms with Gasteiger partial charge in [0.1, 0.15) is 0 Å². The monoisotopic (exact) mass is 312 g/mol. The van der Waals surface area contributed by atoms with Gasteiger partial charge in [0, 0.05) is 3.92 Å². The molecule has 0 aromatic rings. The number of halogens is 1. The van der Waals surface area contributed by atoms with Crippen LogP contribution in [0.25, 0.3) is 0 Å². The first-order chi connectivity index (χ1) is 6.58. The van der Waals surface area contributed by atoms with Crippen LogP contribution in [-0.2, 0) is 9.53 Å². The zero-order valence-corrected chi connectivity index (χ0v) is 10.6. The van der Waals surface area contributed by atoms with Crippen LogP contribution in [0, 0.1) is 0 Å². The van der Waals surface area contributed by atoms with Gasteiger partial charge in [0.25, 0.3) is 0 Å². The van der Waals surface area contributed by atoms with Crippen LogP contribution in [0.2, 0.25) is 0 Å². The molecule has 0 aromatic heterocycles. The molecule has 14 heavy (non-hydrogen) atoms. The zero-order valence-electron chi connectivity index (χ0n) is 8.46. The van der Waals surface area contributed by atoms with E-state index in [1.165, 1.54) is 0 Å². The Morgan fingerprint density at radius 2 is 2.36 bits per heavy atom. The molecule has 4 heteroatoms. The van der Waals surface area contributed by atoms with E-state index < -0.39 is 5.60 Å². The van der Waals surface area contributed by atoms with Gasteiger partial charge in [-0.25, -0.2) is 0 Å². The summed E-state index contributed by atoms with van der Waals surface area (Å²) >= 11 is 2.24. The van der Waals surface area contributed by atoms with Crippen molar-refractivity contribution in [3.8, 4) is 0 Å². The van der Waals surface area contributed by atoms with Gasteiger partial charge in [-0.1, -0.05) is 35.4 Å². The van der Waals surface area contributed by atoms with Crippen molar-refractivity contribution in [1.29, 1.82) is 0 Å². The highest BCUT2D eigenvalue weighted by atomic mass is 127. The maximum absolute atomic E-state index is 11.3. The van der Waals surface area contributed by atoms with Gasteiger partial charge in [-0.2, -0.15) is 0 Å². The third kappa shape index (κ3) is 3.08. The number of ether oxygens (including phenoxy) is 1. The summed E-state index contributed by atoms with van der Waals surface area (Å²) in [6.45, 7) is 2.17. The van der Waals surface area contributed by atoms with Crippen LogP contribution < -0.4 is 0 Å². The van der Waals surface area contributed by atoms with Crippen molar-refractivity contribution in [3.05, 3.63) is 0 Å². The minimum absolute atomic E-state index is 0.147. The Bertz CT molecular complexity index is 208. The lowest BCUT2D eigenvalue weighted by Crippen LogP contribution is -2.43. The van der Waals surface area contributed by atoms with Crippen molar-refractivity contribution in [2.75, 3.05) is 6.61 Å². The molecule has 1 fully saturated rings. The van der Waals surface area contributed by atoms with E-state index in [4.69, 9.17) is 4.74 Å². The molecule has 0 aromatic carbocycles. The average Bonchev–Trinajstić information content (AvgIpc) is 2.10. The third-order valence-electron chi connectivity index (χ3n) is 2.66. The maximum Gasteiger partial charge on any atom is 0.308 e. The van der Waals surface area contributed by atoms with Gasteiger partial charge in [0.2, 0.25) is 0 Å². The molecule has 1 saturated carbocycles. The fourth-order valence-corrected chi connectivity index (χ4v) is 2.81. The van der Waals surface area contributed by atoms with Crippen molar-refractivity contribution in [2.45, 2.75) is 48.6 Å². The van der Waals surface area contributed by atoms with Crippen LogP contribution in [0.5, 0.6) is 0 Å². The predicted molar refractivity (Wildman–Crippen MR) is 62.5 cm³/mol. The molecule has 1 rings (SSSR count). The van der Waals surface area contributed by atoms with Crippen LogP contribution in [0.4, 0.5) is 0 Å². The topological polar surface area (TPSA) is 46.5 Å². The van der Waals surface area contributed by atoms with E-state index >= 15 is 0 Å². The first-order valence-corrected chi connectivity index (χ1v) is 6.35. The Labute approximate surface area is 98.3 Å². The second-order valence-electron chi connectivity index (χ2n) is 3.80. The van der Waals surface area contributed by atoms with Gasteiger partial charge in [-0.15, -0.1) is 0 Å². The molecule has 0 bridgehead atoms. The second kappa shape index (κ2) is 5.30. The minimum Gasteiger partial charge on any atom is -0.466 e. The molecule has 1 unspecified atom stereocenters. The maximum atomic E-state index is 11.3. The van der Waals surface area contributed by atoms with Crippen molar-refractivity contribution in [2.24, 2.45) is 0 Å². The van der Waals surface area contributed by atoms with Gasteiger partial charge in [0.05, 0.1) is 18.6 Å². The summed E-state index contributed by atoms with van der Waals surface area (Å²) in [5, 5.41) is 10.2. The lowest BCUT2D eigenvalue weighted by atomic mass is 9.82. The normalized spacial score (nSPS) is 32.6. The molecule has 1 aliphatic carbocycles. The van der Waals surface area contributed by atoms with Crippen LogP contribution in [-0.4, -0.2) is 27.2 Å². The molecule has 0 amide bonds. The molecule has 0 saturated heterocycles. The highest BCUT2D eigenvalue weighted by Crippen LogP contribution is 2.36. The van der Waals surface area contributed by atoms with E-state index in [0.29, 0.717) is 6.61 Å². The number of carbonyl (C=O) groups is 1. The average molecular weight is 312 g/mol. The van der Waals surface area contributed by atoms with E-state index in [0.717, 1.165) is 25.7 Å². The lowest BCUT2D eigenvalue weighted by Gasteiger charge is -2.36. The summed E-state index contributed by atoms with van der Waals surface area (Å²) in [5.41, 5.74) is -0.828. The lowest BCUT2D eigenvalue weighted by molar-refractivity contribution is -0.149. The Balaban J connectivity index is 2.50. The van der Waals surface area contributed by atoms with Crippen molar-refractivity contribution in [3.63, 3.8) is 0 Å². The molecule has 1 N–H and O–H groups in total. The first-order valence-electron chi connectivity index (χ1n) is 5.10. The van der Waals surface area contributed by atoms with Crippen LogP contribution in [0.15, 0.2) is 0 Å². The van der Waals surface area contributed by atoms with Crippen LogP contribution in [0.3, 0.4) is 0 Å². The van der Waals surface area contributed by atoms with Gasteiger partial charge in [0.15, 0.2) is 0 Å². The Morgan fingerprint density at radius 3 is 2.93 bits per heavy atom. The Kier molecular flexibility index (Phi) is 4.63. The molecule has 1 aliphatic rings. The first kappa shape index (κ1) is 12.2. The van der Waals surface area contributed by atoms with Crippen molar-refractivity contribution in [1.82, 2.24) is 0 Å². The van der Waals surface area contributed by atoms with Crippen molar-refractivity contribution < 1.29 is 14.6 Å². The Morgan fingerprint density at radius 1 is 1.64 bits per heavy atom. The van der Waals surface area contributed by atoms with Gasteiger partial charge >= 0.3 is 5.97 Å². The zero-order chi connectivity index (χ0) is 10.6. The van der Waals surface area contributed by atoms with Crippen LogP contribution >= 0.6 is 22.6 Å². The van der Waals surface area contributed by atoms with Gasteiger partial charge < -0.3 is 9.84 Å². The number of rotatable bonds is 3. The molecule has 2 atom stereocenters. The summed E-state index contributed by atoms with van der Waals surface area (Å²) < 4.78 is 5.03. The summed E-state index contributed by atoms with van der Waals surface area (Å²) in [5.74, 6) is -0.279. The molecular weight excluding hydrogens is 295 g/mol. The fourth-order valence-electron chi connectivity index (χ4n) is 1.84. The minimum atomic E-state index is -0.828. The van der Waals surface area contributed by atoms with Crippen LogP contribution in [0.1, 0.15) is 39.0 Å². The number of esters is 1.